The van der Waals surface area contributed by atoms with E-state index in [1.165, 1.54) is 45.1 Å². The summed E-state index contributed by atoms with van der Waals surface area (Å²) in [5.41, 5.74) is 0.324. The van der Waals surface area contributed by atoms with Gasteiger partial charge < -0.3 is 0 Å². The maximum atomic E-state index is 9.34. The molecule has 0 radical (unpaired) electrons. The van der Waals surface area contributed by atoms with Crippen molar-refractivity contribution in [2.45, 2.75) is 70.4 Å². The van der Waals surface area contributed by atoms with Crippen molar-refractivity contribution in [3.8, 4) is 6.07 Å². The van der Waals surface area contributed by atoms with Crippen LogP contribution in [0.1, 0.15) is 58.8 Å². The van der Waals surface area contributed by atoms with Gasteiger partial charge in [-0.25, -0.2) is 0 Å². The van der Waals surface area contributed by atoms with Gasteiger partial charge in [-0.05, 0) is 46.1 Å². The fraction of sp³-hybridized carbons (Fsp3) is 0.929. The lowest BCUT2D eigenvalue weighted by molar-refractivity contribution is 0.0862. The SMILES string of the molecule is CC1(C)CCCN1C1CCCCCC1C#N. The molecule has 1 aliphatic heterocycles. The minimum atomic E-state index is 0.278. The molecule has 2 atom stereocenters. The molecule has 2 rings (SSSR count). The molecule has 1 heterocycles. The van der Waals surface area contributed by atoms with E-state index in [0.717, 1.165) is 6.42 Å². The van der Waals surface area contributed by atoms with Crippen molar-refractivity contribution in [2.24, 2.45) is 5.92 Å². The van der Waals surface area contributed by atoms with Crippen molar-refractivity contribution >= 4 is 0 Å². The van der Waals surface area contributed by atoms with Gasteiger partial charge in [0.05, 0.1) is 12.0 Å². The molecule has 2 fully saturated rings. The molecule has 0 aromatic heterocycles. The first kappa shape index (κ1) is 11.9. The van der Waals surface area contributed by atoms with E-state index in [-0.39, 0.29) is 5.92 Å². The molecule has 0 amide bonds. The van der Waals surface area contributed by atoms with E-state index in [4.69, 9.17) is 0 Å². The van der Waals surface area contributed by atoms with Crippen molar-refractivity contribution < 1.29 is 0 Å². The smallest absolute Gasteiger partial charge is 0.0672 e. The van der Waals surface area contributed by atoms with Gasteiger partial charge in [0.25, 0.3) is 0 Å². The van der Waals surface area contributed by atoms with E-state index < -0.39 is 0 Å². The predicted molar refractivity (Wildman–Crippen MR) is 66.0 cm³/mol. The lowest BCUT2D eigenvalue weighted by Crippen LogP contribution is -2.48. The van der Waals surface area contributed by atoms with Gasteiger partial charge in [0.2, 0.25) is 0 Å². The molecule has 0 aromatic carbocycles. The molecule has 16 heavy (non-hydrogen) atoms. The molecule has 1 saturated heterocycles. The number of hydrogen-bond acceptors (Lipinski definition) is 2. The van der Waals surface area contributed by atoms with Crippen molar-refractivity contribution in [3.63, 3.8) is 0 Å². The van der Waals surface area contributed by atoms with Crippen LogP contribution in [0.5, 0.6) is 0 Å². The average Bonchev–Trinajstić information content (AvgIpc) is 2.50. The Hall–Kier alpha value is -0.550. The highest BCUT2D eigenvalue weighted by molar-refractivity contribution is 5.00. The summed E-state index contributed by atoms with van der Waals surface area (Å²) in [4.78, 5) is 2.63. The molecular formula is C14H24N2. The van der Waals surface area contributed by atoms with Crippen LogP contribution >= 0.6 is 0 Å². The maximum Gasteiger partial charge on any atom is 0.0672 e. The molecule has 2 unspecified atom stereocenters. The van der Waals surface area contributed by atoms with Gasteiger partial charge >= 0.3 is 0 Å². The van der Waals surface area contributed by atoms with Crippen LogP contribution in [0.4, 0.5) is 0 Å². The highest BCUT2D eigenvalue weighted by Gasteiger charge is 2.40. The summed E-state index contributed by atoms with van der Waals surface area (Å²) in [6.45, 7) is 5.90. The third-order valence-electron chi connectivity index (χ3n) is 4.51. The predicted octanol–water partition coefficient (Wildman–Crippen LogP) is 3.33. The fourth-order valence-corrected chi connectivity index (χ4v) is 3.55. The molecule has 0 bridgehead atoms. The molecule has 0 spiro atoms. The lowest BCUT2D eigenvalue weighted by Gasteiger charge is -2.40. The van der Waals surface area contributed by atoms with Gasteiger partial charge in [-0.2, -0.15) is 5.26 Å². The molecule has 0 N–H and O–H groups in total. The van der Waals surface area contributed by atoms with Gasteiger partial charge in [0.1, 0.15) is 0 Å². The zero-order valence-corrected chi connectivity index (χ0v) is 10.7. The van der Waals surface area contributed by atoms with Gasteiger partial charge in [0, 0.05) is 11.6 Å². The van der Waals surface area contributed by atoms with E-state index in [0.29, 0.717) is 11.6 Å². The lowest BCUT2D eigenvalue weighted by atomic mass is 9.91. The highest BCUT2D eigenvalue weighted by atomic mass is 15.2. The molecule has 0 aromatic rings. The van der Waals surface area contributed by atoms with Crippen LogP contribution in [-0.2, 0) is 0 Å². The first-order chi connectivity index (χ1) is 7.65. The zero-order chi connectivity index (χ0) is 11.6. The second-order valence-electron chi connectivity index (χ2n) is 6.05. The summed E-state index contributed by atoms with van der Waals surface area (Å²) in [6.07, 6.45) is 8.85. The number of rotatable bonds is 1. The van der Waals surface area contributed by atoms with Crippen LogP contribution in [0.15, 0.2) is 0 Å². The largest absolute Gasteiger partial charge is 0.294 e. The quantitative estimate of drug-likeness (QED) is 0.634. The van der Waals surface area contributed by atoms with Crippen LogP contribution in [0.2, 0.25) is 0 Å². The highest BCUT2D eigenvalue weighted by Crippen LogP contribution is 2.36. The number of nitrogens with zero attached hydrogens (tertiary/aromatic N) is 2. The van der Waals surface area contributed by atoms with E-state index in [9.17, 15) is 5.26 Å². The Morgan fingerprint density at radius 3 is 2.50 bits per heavy atom. The summed E-state index contributed by atoms with van der Waals surface area (Å²) in [5.74, 6) is 0.278. The minimum Gasteiger partial charge on any atom is -0.294 e. The van der Waals surface area contributed by atoms with Gasteiger partial charge in [-0.15, -0.1) is 0 Å². The zero-order valence-electron chi connectivity index (χ0n) is 10.7. The Morgan fingerprint density at radius 1 is 1.12 bits per heavy atom. The Labute approximate surface area is 99.6 Å². The van der Waals surface area contributed by atoms with Crippen LogP contribution in [0, 0.1) is 17.2 Å². The molecule has 1 aliphatic carbocycles. The molecule has 2 nitrogen and oxygen atoms in total. The minimum absolute atomic E-state index is 0.278. The summed E-state index contributed by atoms with van der Waals surface area (Å²) in [7, 11) is 0. The van der Waals surface area contributed by atoms with E-state index in [2.05, 4.69) is 24.8 Å². The second-order valence-corrected chi connectivity index (χ2v) is 6.05. The van der Waals surface area contributed by atoms with E-state index >= 15 is 0 Å². The third-order valence-corrected chi connectivity index (χ3v) is 4.51. The second kappa shape index (κ2) is 4.75. The van der Waals surface area contributed by atoms with Crippen LogP contribution in [-0.4, -0.2) is 23.0 Å². The molecule has 2 heteroatoms. The summed E-state index contributed by atoms with van der Waals surface area (Å²) in [5, 5.41) is 9.34. The average molecular weight is 220 g/mol. The standard InChI is InChI=1S/C14H24N2/c1-14(2)9-6-10-16(14)13-8-5-3-4-7-12(13)11-15/h12-13H,3-10H2,1-2H3. The Kier molecular flexibility index (Phi) is 3.54. The summed E-state index contributed by atoms with van der Waals surface area (Å²) in [6, 6.07) is 3.10. The Morgan fingerprint density at radius 2 is 1.88 bits per heavy atom. The van der Waals surface area contributed by atoms with E-state index in [1.54, 1.807) is 0 Å². The molecular weight excluding hydrogens is 196 g/mol. The van der Waals surface area contributed by atoms with Crippen molar-refractivity contribution in [1.29, 1.82) is 5.26 Å². The Balaban J connectivity index is 2.13. The van der Waals surface area contributed by atoms with Crippen molar-refractivity contribution in [3.05, 3.63) is 0 Å². The number of nitriles is 1. The van der Waals surface area contributed by atoms with E-state index in [1.807, 2.05) is 0 Å². The molecule has 2 aliphatic rings. The van der Waals surface area contributed by atoms with Gasteiger partial charge in [-0.1, -0.05) is 19.3 Å². The topological polar surface area (TPSA) is 27.0 Å². The summed E-state index contributed by atoms with van der Waals surface area (Å²) < 4.78 is 0. The third kappa shape index (κ3) is 2.25. The van der Waals surface area contributed by atoms with Crippen LogP contribution in [0.3, 0.4) is 0 Å². The van der Waals surface area contributed by atoms with Crippen molar-refractivity contribution in [1.82, 2.24) is 4.90 Å². The van der Waals surface area contributed by atoms with Crippen molar-refractivity contribution in [2.75, 3.05) is 6.54 Å². The maximum absolute atomic E-state index is 9.34. The first-order valence-corrected chi connectivity index (χ1v) is 6.81. The van der Waals surface area contributed by atoms with Gasteiger partial charge in [0.15, 0.2) is 0 Å². The summed E-state index contributed by atoms with van der Waals surface area (Å²) >= 11 is 0. The normalized spacial score (nSPS) is 35.6. The number of likely N-dealkylation sites (tertiary alicyclic amines) is 1. The molecule has 90 valence electrons. The molecule has 1 saturated carbocycles. The Bertz CT molecular complexity index is 277. The first-order valence-electron chi connectivity index (χ1n) is 6.81. The van der Waals surface area contributed by atoms with Crippen LogP contribution in [0.25, 0.3) is 0 Å². The number of hydrogen-bond donors (Lipinski definition) is 0. The monoisotopic (exact) mass is 220 g/mol. The van der Waals surface area contributed by atoms with Crippen LogP contribution < -0.4 is 0 Å². The fourth-order valence-electron chi connectivity index (χ4n) is 3.55. The van der Waals surface area contributed by atoms with Gasteiger partial charge in [-0.3, -0.25) is 4.90 Å².